The highest BCUT2D eigenvalue weighted by Crippen LogP contribution is 2.33. The number of sulfonamides is 1. The Morgan fingerprint density at radius 2 is 1.75 bits per heavy atom. The number of amides is 2. The third-order valence-electron chi connectivity index (χ3n) is 5.74. The maximum atomic E-state index is 13.7. The predicted molar refractivity (Wildman–Crippen MR) is 139 cm³/mol. The summed E-state index contributed by atoms with van der Waals surface area (Å²) in [6, 6.07) is 9.01. The van der Waals surface area contributed by atoms with Crippen molar-refractivity contribution in [3.8, 4) is 5.75 Å². The number of carbonyl (C=O) groups excluding carboxylic acids is 2. The van der Waals surface area contributed by atoms with Gasteiger partial charge in [-0.15, -0.1) is 0 Å². The van der Waals surface area contributed by atoms with E-state index in [1.54, 1.807) is 13.0 Å². The Kier molecular flexibility index (Phi) is 10.5. The van der Waals surface area contributed by atoms with Crippen molar-refractivity contribution >= 4 is 39.1 Å². The summed E-state index contributed by atoms with van der Waals surface area (Å²) in [5.74, 6) is -1.19. The zero-order valence-electron chi connectivity index (χ0n) is 21.1. The van der Waals surface area contributed by atoms with Crippen molar-refractivity contribution in [3.05, 3.63) is 58.9 Å². The van der Waals surface area contributed by atoms with Gasteiger partial charge in [0.15, 0.2) is 0 Å². The lowest BCUT2D eigenvalue weighted by atomic mass is 10.1. The molecule has 0 unspecified atom stereocenters. The molecule has 0 fully saturated rings. The summed E-state index contributed by atoms with van der Waals surface area (Å²) in [6.45, 7) is 4.93. The van der Waals surface area contributed by atoms with E-state index >= 15 is 0 Å². The molecule has 0 spiro atoms. The Morgan fingerprint density at radius 3 is 2.28 bits per heavy atom. The van der Waals surface area contributed by atoms with Gasteiger partial charge in [0.05, 0.1) is 19.1 Å². The molecule has 198 valence electrons. The Labute approximate surface area is 217 Å². The number of hydrogen-bond acceptors (Lipinski definition) is 5. The van der Waals surface area contributed by atoms with Crippen molar-refractivity contribution in [1.29, 1.82) is 0 Å². The number of anilines is 1. The van der Waals surface area contributed by atoms with Gasteiger partial charge in [-0.2, -0.15) is 0 Å². The second-order valence-corrected chi connectivity index (χ2v) is 10.8. The highest BCUT2D eigenvalue weighted by molar-refractivity contribution is 7.92. The van der Waals surface area contributed by atoms with Gasteiger partial charge in [-0.05, 0) is 55.7 Å². The molecule has 2 aromatic carbocycles. The van der Waals surface area contributed by atoms with Crippen LogP contribution in [0.15, 0.2) is 42.5 Å². The van der Waals surface area contributed by atoms with E-state index in [0.717, 1.165) is 10.6 Å². The lowest BCUT2D eigenvalue weighted by Gasteiger charge is -2.33. The molecular weight excluding hydrogens is 509 g/mol. The molecule has 8 nitrogen and oxygen atoms in total. The highest BCUT2D eigenvalue weighted by atomic mass is 35.5. The number of nitrogens with zero attached hydrogens (tertiary/aromatic N) is 2. The van der Waals surface area contributed by atoms with Gasteiger partial charge in [-0.1, -0.05) is 37.6 Å². The summed E-state index contributed by atoms with van der Waals surface area (Å²) < 4.78 is 45.2. The van der Waals surface area contributed by atoms with E-state index in [1.807, 2.05) is 13.8 Å². The fraction of sp³-hybridized carbons (Fsp3) is 0.440. The second-order valence-electron chi connectivity index (χ2n) is 8.48. The SMILES string of the molecule is CC[C@@H](C)NC(=O)[C@@H](CC)N(Cc1ccc(F)cc1)C(=O)CN(c1cc(Cl)ccc1OC)S(C)(=O)=O. The van der Waals surface area contributed by atoms with E-state index in [4.69, 9.17) is 16.3 Å². The van der Waals surface area contributed by atoms with Crippen molar-refractivity contribution in [2.75, 3.05) is 24.2 Å². The number of methoxy groups -OCH3 is 1. The average Bonchev–Trinajstić information content (AvgIpc) is 2.82. The fourth-order valence-corrected chi connectivity index (χ4v) is 4.61. The molecule has 2 rings (SSSR count). The van der Waals surface area contributed by atoms with E-state index < -0.39 is 34.3 Å². The lowest BCUT2D eigenvalue weighted by Crippen LogP contribution is -2.53. The number of hydrogen-bond donors (Lipinski definition) is 1. The van der Waals surface area contributed by atoms with Gasteiger partial charge in [-0.3, -0.25) is 13.9 Å². The summed E-state index contributed by atoms with van der Waals surface area (Å²) in [6.07, 6.45) is 1.96. The van der Waals surface area contributed by atoms with Crippen LogP contribution >= 0.6 is 11.6 Å². The Balaban J connectivity index is 2.50. The molecule has 2 aromatic rings. The first-order valence-electron chi connectivity index (χ1n) is 11.6. The van der Waals surface area contributed by atoms with Crippen LogP contribution in [0, 0.1) is 5.82 Å². The van der Waals surface area contributed by atoms with E-state index in [9.17, 15) is 22.4 Å². The second kappa shape index (κ2) is 12.9. The van der Waals surface area contributed by atoms with E-state index in [0.29, 0.717) is 12.0 Å². The van der Waals surface area contributed by atoms with Crippen LogP contribution in [0.3, 0.4) is 0 Å². The van der Waals surface area contributed by atoms with Gasteiger partial charge in [0.25, 0.3) is 0 Å². The van der Waals surface area contributed by atoms with Crippen LogP contribution in [0.5, 0.6) is 5.75 Å². The van der Waals surface area contributed by atoms with Gasteiger partial charge in [0.2, 0.25) is 21.8 Å². The molecule has 0 aromatic heterocycles. The zero-order valence-corrected chi connectivity index (χ0v) is 22.7. The van der Waals surface area contributed by atoms with Crippen molar-refractivity contribution < 1.29 is 27.1 Å². The normalized spacial score (nSPS) is 13.0. The summed E-state index contributed by atoms with van der Waals surface area (Å²) in [7, 11) is -2.58. The van der Waals surface area contributed by atoms with Gasteiger partial charge in [-0.25, -0.2) is 12.8 Å². The third-order valence-corrected chi connectivity index (χ3v) is 7.10. The minimum Gasteiger partial charge on any atom is -0.495 e. The van der Waals surface area contributed by atoms with Crippen LogP contribution in [-0.4, -0.2) is 57.1 Å². The molecule has 11 heteroatoms. The molecule has 0 aliphatic rings. The minimum atomic E-state index is -3.95. The van der Waals surface area contributed by atoms with Gasteiger partial charge in [0, 0.05) is 17.6 Å². The quantitative estimate of drug-likeness (QED) is 0.438. The predicted octanol–water partition coefficient (Wildman–Crippen LogP) is 3.98. The number of carbonyl (C=O) groups is 2. The summed E-state index contributed by atoms with van der Waals surface area (Å²) >= 11 is 6.11. The first-order valence-corrected chi connectivity index (χ1v) is 13.8. The first kappa shape index (κ1) is 29.4. The van der Waals surface area contributed by atoms with Gasteiger partial charge in [0.1, 0.15) is 24.2 Å². The fourth-order valence-electron chi connectivity index (χ4n) is 3.60. The molecule has 0 aliphatic heterocycles. The molecule has 0 heterocycles. The molecule has 2 amide bonds. The van der Waals surface area contributed by atoms with Crippen LogP contribution in [0.25, 0.3) is 0 Å². The molecule has 36 heavy (non-hydrogen) atoms. The summed E-state index contributed by atoms with van der Waals surface area (Å²) in [5.41, 5.74) is 0.686. The van der Waals surface area contributed by atoms with Crippen molar-refractivity contribution in [1.82, 2.24) is 10.2 Å². The lowest BCUT2D eigenvalue weighted by molar-refractivity contribution is -0.140. The number of halogens is 2. The molecule has 0 saturated carbocycles. The standard InChI is InChI=1S/C25H33ClFN3O5S/c1-6-17(3)28-25(32)21(7-2)29(15-18-8-11-20(27)12-9-18)24(31)16-30(36(5,33)34)22-14-19(26)10-13-23(22)35-4/h8-14,17,21H,6-7,15-16H2,1-5H3,(H,28,32)/t17-,21-/m1/s1. The number of rotatable bonds is 12. The molecular formula is C25H33ClFN3O5S. The Bertz CT molecular complexity index is 1160. The van der Waals surface area contributed by atoms with Crippen molar-refractivity contribution in [3.63, 3.8) is 0 Å². The minimum absolute atomic E-state index is 0.0180. The summed E-state index contributed by atoms with van der Waals surface area (Å²) in [4.78, 5) is 28.1. The Morgan fingerprint density at radius 1 is 1.11 bits per heavy atom. The van der Waals surface area contributed by atoms with Crippen molar-refractivity contribution in [2.45, 2.75) is 52.2 Å². The molecule has 0 aliphatic carbocycles. The number of benzene rings is 2. The first-order chi connectivity index (χ1) is 16.9. The molecule has 0 bridgehead atoms. The van der Waals surface area contributed by atoms with E-state index in [-0.39, 0.29) is 41.4 Å². The Hall–Kier alpha value is -2.85. The average molecular weight is 542 g/mol. The van der Waals surface area contributed by atoms with Crippen molar-refractivity contribution in [2.24, 2.45) is 0 Å². The van der Waals surface area contributed by atoms with Crippen LogP contribution in [-0.2, 0) is 26.2 Å². The van der Waals surface area contributed by atoms with E-state index in [1.165, 1.54) is 48.4 Å². The number of ether oxygens (including phenoxy) is 1. The number of nitrogens with one attached hydrogen (secondary N) is 1. The largest absolute Gasteiger partial charge is 0.495 e. The van der Waals surface area contributed by atoms with Crippen LogP contribution in [0.1, 0.15) is 39.2 Å². The van der Waals surface area contributed by atoms with Crippen LogP contribution in [0.2, 0.25) is 5.02 Å². The topological polar surface area (TPSA) is 96.0 Å². The van der Waals surface area contributed by atoms with E-state index in [2.05, 4.69) is 5.32 Å². The van der Waals surface area contributed by atoms with Gasteiger partial charge < -0.3 is 15.0 Å². The van der Waals surface area contributed by atoms with Crippen LogP contribution in [0.4, 0.5) is 10.1 Å². The summed E-state index contributed by atoms with van der Waals surface area (Å²) in [5, 5.41) is 3.15. The third kappa shape index (κ3) is 7.83. The molecule has 1 N–H and O–H groups in total. The monoisotopic (exact) mass is 541 g/mol. The van der Waals surface area contributed by atoms with Gasteiger partial charge >= 0.3 is 0 Å². The zero-order chi connectivity index (χ0) is 27.0. The molecule has 0 radical (unpaired) electrons. The highest BCUT2D eigenvalue weighted by Gasteiger charge is 2.33. The smallest absolute Gasteiger partial charge is 0.244 e. The van der Waals surface area contributed by atoms with Crippen LogP contribution < -0.4 is 14.4 Å². The maximum absolute atomic E-state index is 13.7. The maximum Gasteiger partial charge on any atom is 0.244 e. The molecule has 0 saturated heterocycles. The molecule has 2 atom stereocenters.